The zero-order valence-electron chi connectivity index (χ0n) is 11.8. The van der Waals surface area contributed by atoms with Crippen LogP contribution in [0.2, 0.25) is 0 Å². The van der Waals surface area contributed by atoms with Gasteiger partial charge < -0.3 is 15.2 Å². The normalized spacial score (nSPS) is 16.0. The Bertz CT molecular complexity index is 410. The molecule has 1 saturated heterocycles. The Labute approximate surface area is 120 Å². The highest BCUT2D eigenvalue weighted by molar-refractivity contribution is 5.87. The van der Waals surface area contributed by atoms with Gasteiger partial charge in [-0.15, -0.1) is 0 Å². The van der Waals surface area contributed by atoms with Crippen LogP contribution in [0.4, 0.5) is 0 Å². The second-order valence-corrected chi connectivity index (χ2v) is 5.37. The van der Waals surface area contributed by atoms with E-state index in [1.54, 1.807) is 24.3 Å². The second-order valence-electron chi connectivity index (χ2n) is 5.37. The van der Waals surface area contributed by atoms with Crippen molar-refractivity contribution in [2.24, 2.45) is 5.92 Å². The highest BCUT2D eigenvalue weighted by atomic mass is 16.5. The molecule has 0 aromatic heterocycles. The number of carbonyl (C=O) groups is 1. The predicted octanol–water partition coefficient (Wildman–Crippen LogP) is 2.93. The number of rotatable bonds is 7. The molecule has 1 aromatic rings. The molecule has 0 spiro atoms. The van der Waals surface area contributed by atoms with Crippen molar-refractivity contribution in [3.63, 3.8) is 0 Å². The average Bonchev–Trinajstić information content (AvgIpc) is 2.48. The molecule has 0 atom stereocenters. The topological polar surface area (TPSA) is 58.6 Å². The Morgan fingerprint density at radius 1 is 1.20 bits per heavy atom. The quantitative estimate of drug-likeness (QED) is 0.752. The van der Waals surface area contributed by atoms with E-state index in [-0.39, 0.29) is 0 Å². The molecule has 1 heterocycles. The van der Waals surface area contributed by atoms with Crippen LogP contribution in [0.15, 0.2) is 24.3 Å². The van der Waals surface area contributed by atoms with Crippen molar-refractivity contribution in [2.75, 3.05) is 19.7 Å². The van der Waals surface area contributed by atoms with Crippen LogP contribution in [0.1, 0.15) is 42.5 Å². The Hall–Kier alpha value is -1.55. The van der Waals surface area contributed by atoms with E-state index in [9.17, 15) is 4.79 Å². The zero-order chi connectivity index (χ0) is 14.2. The summed E-state index contributed by atoms with van der Waals surface area (Å²) in [5.41, 5.74) is 0.295. The third-order valence-corrected chi connectivity index (χ3v) is 3.84. The van der Waals surface area contributed by atoms with Crippen molar-refractivity contribution in [3.05, 3.63) is 29.8 Å². The van der Waals surface area contributed by atoms with E-state index in [0.29, 0.717) is 12.2 Å². The van der Waals surface area contributed by atoms with E-state index < -0.39 is 5.97 Å². The summed E-state index contributed by atoms with van der Waals surface area (Å²) in [6, 6.07) is 6.59. The van der Waals surface area contributed by atoms with Crippen LogP contribution in [0.25, 0.3) is 0 Å². The third-order valence-electron chi connectivity index (χ3n) is 3.84. The van der Waals surface area contributed by atoms with Gasteiger partial charge in [-0.25, -0.2) is 4.79 Å². The van der Waals surface area contributed by atoms with Crippen molar-refractivity contribution in [3.8, 4) is 5.75 Å². The maximum absolute atomic E-state index is 10.7. The Balaban J connectivity index is 1.59. The summed E-state index contributed by atoms with van der Waals surface area (Å²) in [5, 5.41) is 12.2. The van der Waals surface area contributed by atoms with Crippen molar-refractivity contribution in [2.45, 2.75) is 32.1 Å². The molecule has 2 N–H and O–H groups in total. The first-order chi connectivity index (χ1) is 9.75. The molecule has 1 aliphatic heterocycles. The maximum atomic E-state index is 10.7. The fourth-order valence-electron chi connectivity index (χ4n) is 2.59. The fraction of sp³-hybridized carbons (Fsp3) is 0.562. The number of nitrogens with one attached hydrogen (secondary N) is 1. The van der Waals surface area contributed by atoms with Crippen LogP contribution in [0, 0.1) is 5.92 Å². The lowest BCUT2D eigenvalue weighted by molar-refractivity contribution is 0.0697. The van der Waals surface area contributed by atoms with Crippen LogP contribution in [-0.2, 0) is 0 Å². The number of hydrogen-bond acceptors (Lipinski definition) is 3. The van der Waals surface area contributed by atoms with Crippen molar-refractivity contribution < 1.29 is 14.6 Å². The highest BCUT2D eigenvalue weighted by Gasteiger charge is 2.11. The molecule has 0 radical (unpaired) electrons. The SMILES string of the molecule is O=C(O)c1ccc(OCCCCC2CCNCC2)cc1. The zero-order valence-corrected chi connectivity index (χ0v) is 11.8. The van der Waals surface area contributed by atoms with Crippen molar-refractivity contribution in [1.29, 1.82) is 0 Å². The minimum Gasteiger partial charge on any atom is -0.494 e. The summed E-state index contributed by atoms with van der Waals surface area (Å²) in [6.07, 6.45) is 6.17. The lowest BCUT2D eigenvalue weighted by Gasteiger charge is -2.22. The van der Waals surface area contributed by atoms with E-state index in [4.69, 9.17) is 9.84 Å². The highest BCUT2D eigenvalue weighted by Crippen LogP contribution is 2.19. The lowest BCUT2D eigenvalue weighted by Crippen LogP contribution is -2.27. The molecule has 110 valence electrons. The number of unbranched alkanes of at least 4 members (excludes halogenated alkanes) is 1. The molecule has 1 aliphatic rings. The smallest absolute Gasteiger partial charge is 0.335 e. The van der Waals surface area contributed by atoms with E-state index in [2.05, 4.69) is 5.32 Å². The Kier molecular flexibility index (Phi) is 5.87. The lowest BCUT2D eigenvalue weighted by atomic mass is 9.93. The summed E-state index contributed by atoms with van der Waals surface area (Å²) >= 11 is 0. The molecular formula is C16H23NO3. The second kappa shape index (κ2) is 7.90. The Morgan fingerprint density at radius 3 is 2.55 bits per heavy atom. The molecule has 20 heavy (non-hydrogen) atoms. The van der Waals surface area contributed by atoms with Gasteiger partial charge in [0.15, 0.2) is 0 Å². The van der Waals surface area contributed by atoms with Crippen LogP contribution in [0.3, 0.4) is 0 Å². The first-order valence-electron chi connectivity index (χ1n) is 7.42. The Morgan fingerprint density at radius 2 is 1.90 bits per heavy atom. The van der Waals surface area contributed by atoms with Crippen LogP contribution >= 0.6 is 0 Å². The molecule has 0 saturated carbocycles. The summed E-state index contributed by atoms with van der Waals surface area (Å²) in [6.45, 7) is 3.03. The number of carboxylic acids is 1. The molecule has 1 fully saturated rings. The van der Waals surface area contributed by atoms with Gasteiger partial charge in [-0.05, 0) is 69.0 Å². The third kappa shape index (κ3) is 4.85. The average molecular weight is 277 g/mol. The number of benzene rings is 1. The summed E-state index contributed by atoms with van der Waals surface area (Å²) < 4.78 is 5.62. The van der Waals surface area contributed by atoms with Gasteiger partial charge in [0.2, 0.25) is 0 Å². The van der Waals surface area contributed by atoms with E-state index in [1.165, 1.54) is 25.7 Å². The standard InChI is InChI=1S/C16H23NO3/c18-16(19)14-4-6-15(7-5-14)20-12-2-1-3-13-8-10-17-11-9-13/h4-7,13,17H,1-3,8-12H2,(H,18,19). The van der Waals surface area contributed by atoms with Gasteiger partial charge in [0.25, 0.3) is 0 Å². The van der Waals surface area contributed by atoms with Gasteiger partial charge >= 0.3 is 5.97 Å². The summed E-state index contributed by atoms with van der Waals surface area (Å²) in [7, 11) is 0. The van der Waals surface area contributed by atoms with Crippen LogP contribution in [0.5, 0.6) is 5.75 Å². The maximum Gasteiger partial charge on any atom is 0.335 e. The van der Waals surface area contributed by atoms with Gasteiger partial charge in [-0.3, -0.25) is 0 Å². The number of ether oxygens (including phenoxy) is 1. The van der Waals surface area contributed by atoms with Crippen molar-refractivity contribution >= 4 is 5.97 Å². The van der Waals surface area contributed by atoms with Gasteiger partial charge in [0.1, 0.15) is 5.75 Å². The molecule has 0 bridgehead atoms. The number of piperidine rings is 1. The van der Waals surface area contributed by atoms with Gasteiger partial charge in [0.05, 0.1) is 12.2 Å². The van der Waals surface area contributed by atoms with Crippen LogP contribution in [-0.4, -0.2) is 30.8 Å². The molecule has 0 aliphatic carbocycles. The summed E-state index contributed by atoms with van der Waals surface area (Å²) in [4.78, 5) is 10.7. The first kappa shape index (κ1) is 14.9. The van der Waals surface area contributed by atoms with Gasteiger partial charge in [-0.1, -0.05) is 6.42 Å². The first-order valence-corrected chi connectivity index (χ1v) is 7.42. The molecule has 1 aromatic carbocycles. The molecule has 0 unspecified atom stereocenters. The molecule has 2 rings (SSSR count). The number of carboxylic acid groups (broad SMARTS) is 1. The molecule has 0 amide bonds. The van der Waals surface area contributed by atoms with Gasteiger partial charge in [0, 0.05) is 0 Å². The number of aromatic carboxylic acids is 1. The minimum absolute atomic E-state index is 0.295. The van der Waals surface area contributed by atoms with E-state index in [0.717, 1.165) is 31.2 Å². The van der Waals surface area contributed by atoms with Crippen molar-refractivity contribution in [1.82, 2.24) is 5.32 Å². The minimum atomic E-state index is -0.904. The van der Waals surface area contributed by atoms with E-state index >= 15 is 0 Å². The fourth-order valence-corrected chi connectivity index (χ4v) is 2.59. The van der Waals surface area contributed by atoms with E-state index in [1.807, 2.05) is 0 Å². The number of hydrogen-bond donors (Lipinski definition) is 2. The monoisotopic (exact) mass is 277 g/mol. The molecule has 4 heteroatoms. The largest absolute Gasteiger partial charge is 0.494 e. The molecular weight excluding hydrogens is 254 g/mol. The molecule has 4 nitrogen and oxygen atoms in total. The van der Waals surface area contributed by atoms with Crippen LogP contribution < -0.4 is 10.1 Å². The predicted molar refractivity (Wildman–Crippen MR) is 78.3 cm³/mol. The summed E-state index contributed by atoms with van der Waals surface area (Å²) in [5.74, 6) is 0.724. The van der Waals surface area contributed by atoms with Gasteiger partial charge in [-0.2, -0.15) is 0 Å².